The maximum Gasteiger partial charge on any atom is 0.416 e. The van der Waals surface area contributed by atoms with E-state index in [1.165, 1.54) is 18.2 Å². The van der Waals surface area contributed by atoms with E-state index in [2.05, 4.69) is 0 Å². The van der Waals surface area contributed by atoms with Gasteiger partial charge in [-0.2, -0.15) is 13.2 Å². The summed E-state index contributed by atoms with van der Waals surface area (Å²) >= 11 is 6.26. The fraction of sp³-hybridized carbons (Fsp3) is 0.300. The van der Waals surface area contributed by atoms with Gasteiger partial charge in [0.2, 0.25) is 0 Å². The first kappa shape index (κ1) is 25.4. The van der Waals surface area contributed by atoms with Crippen molar-refractivity contribution in [3.63, 3.8) is 0 Å². The van der Waals surface area contributed by atoms with Gasteiger partial charge in [-0.3, -0.25) is 4.57 Å². The van der Waals surface area contributed by atoms with Crippen LogP contribution in [-0.2, 0) is 17.2 Å². The molecule has 1 atom stereocenters. The van der Waals surface area contributed by atoms with Gasteiger partial charge in [-0.1, -0.05) is 23.7 Å². The largest absolute Gasteiger partial charge is 0.457 e. The zero-order chi connectivity index (χ0) is 23.3. The van der Waals surface area contributed by atoms with Gasteiger partial charge in [0.15, 0.2) is 0 Å². The van der Waals surface area contributed by atoms with Crippen molar-refractivity contribution in [3.05, 3.63) is 70.5 Å². The second-order valence-electron chi connectivity index (χ2n) is 7.03. The predicted molar refractivity (Wildman–Crippen MR) is 111 cm³/mol. The third kappa shape index (κ3) is 8.29. The van der Waals surface area contributed by atoms with Crippen LogP contribution in [0, 0.1) is 0 Å². The van der Waals surface area contributed by atoms with Gasteiger partial charge in [0.25, 0.3) is 0 Å². The highest BCUT2D eigenvalue weighted by Gasteiger charge is 2.30. The van der Waals surface area contributed by atoms with Crippen LogP contribution in [0.2, 0.25) is 5.02 Å². The second kappa shape index (κ2) is 10.2. The molecule has 0 heterocycles. The van der Waals surface area contributed by atoms with Gasteiger partial charge >= 0.3 is 13.8 Å². The van der Waals surface area contributed by atoms with Crippen molar-refractivity contribution in [3.8, 4) is 11.5 Å². The van der Waals surface area contributed by atoms with E-state index in [1.807, 2.05) is 0 Å². The second-order valence-corrected chi connectivity index (χ2v) is 8.91. The van der Waals surface area contributed by atoms with E-state index in [-0.39, 0.29) is 12.2 Å². The molecule has 0 radical (unpaired) electrons. The normalized spacial score (nSPS) is 14.6. The Bertz CT molecular complexity index is 962. The van der Waals surface area contributed by atoms with Crippen LogP contribution in [0.4, 0.5) is 13.2 Å². The minimum atomic E-state index is -4.42. The van der Waals surface area contributed by atoms with Gasteiger partial charge in [-0.05, 0) is 61.2 Å². The first-order valence-corrected chi connectivity index (χ1v) is 11.2. The number of aliphatic hydroxyl groups excluding tert-OH is 1. The lowest BCUT2D eigenvalue weighted by Gasteiger charge is -2.23. The quantitative estimate of drug-likeness (QED) is 0.382. The van der Waals surface area contributed by atoms with Gasteiger partial charge in [0.05, 0.1) is 17.7 Å². The number of nitrogens with two attached hydrogens (primary N) is 1. The minimum absolute atomic E-state index is 0.226. The van der Waals surface area contributed by atoms with Crippen LogP contribution in [0.5, 0.6) is 11.5 Å². The maximum absolute atomic E-state index is 12.6. The zero-order valence-electron chi connectivity index (χ0n) is 16.2. The molecule has 2 rings (SSSR count). The number of hydrogen-bond donors (Lipinski definition) is 4. The van der Waals surface area contributed by atoms with Crippen molar-refractivity contribution in [2.75, 3.05) is 6.61 Å². The molecule has 0 aliphatic rings. The van der Waals surface area contributed by atoms with Crippen LogP contribution in [0.3, 0.4) is 0 Å². The van der Waals surface area contributed by atoms with Gasteiger partial charge in [0, 0.05) is 10.8 Å². The maximum atomic E-state index is 12.6. The molecule has 2 aromatic carbocycles. The Labute approximate surface area is 182 Å². The third-order valence-corrected chi connectivity index (χ3v) is 5.31. The molecule has 0 aliphatic carbocycles. The first-order chi connectivity index (χ1) is 14.3. The van der Waals surface area contributed by atoms with Gasteiger partial charge in [-0.15, -0.1) is 0 Å². The van der Waals surface area contributed by atoms with E-state index in [4.69, 9.17) is 31.9 Å². The zero-order valence-corrected chi connectivity index (χ0v) is 17.9. The summed E-state index contributed by atoms with van der Waals surface area (Å²) in [5.74, 6) is 1.25. The summed E-state index contributed by atoms with van der Waals surface area (Å²) in [6.07, 6.45) is -2.12. The molecule has 0 spiro atoms. The average molecular weight is 480 g/mol. The van der Waals surface area contributed by atoms with Crippen molar-refractivity contribution in [1.29, 1.82) is 0 Å². The van der Waals surface area contributed by atoms with Crippen molar-refractivity contribution in [2.45, 2.75) is 31.0 Å². The number of aryl methyl sites for hydroxylation is 1. The van der Waals surface area contributed by atoms with E-state index in [0.717, 1.165) is 23.8 Å². The monoisotopic (exact) mass is 479 g/mol. The lowest BCUT2D eigenvalue weighted by molar-refractivity contribution is -0.137. The Kier molecular flexibility index (Phi) is 8.33. The molecular weight excluding hydrogens is 458 g/mol. The van der Waals surface area contributed by atoms with Crippen LogP contribution in [0.15, 0.2) is 54.4 Å². The van der Waals surface area contributed by atoms with Crippen molar-refractivity contribution in [1.82, 2.24) is 0 Å². The lowest BCUT2D eigenvalue weighted by atomic mass is 9.93. The van der Waals surface area contributed by atoms with E-state index in [9.17, 15) is 22.8 Å². The number of halogens is 4. The molecule has 2 aromatic rings. The molecule has 31 heavy (non-hydrogen) atoms. The summed E-state index contributed by atoms with van der Waals surface area (Å²) in [4.78, 5) is 17.8. The van der Waals surface area contributed by atoms with Crippen LogP contribution in [0.25, 0.3) is 0 Å². The average Bonchev–Trinajstić information content (AvgIpc) is 2.67. The molecule has 6 nitrogen and oxygen atoms in total. The molecule has 0 aliphatic heterocycles. The summed E-state index contributed by atoms with van der Waals surface area (Å²) in [6, 6.07) is 9.12. The summed E-state index contributed by atoms with van der Waals surface area (Å²) in [6.45, 7) is -0.489. The number of benzene rings is 2. The van der Waals surface area contributed by atoms with E-state index in [0.29, 0.717) is 29.4 Å². The smallest absolute Gasteiger partial charge is 0.416 e. The standard InChI is InChI=1S/C20H22ClF3NO5P/c21-18-12-17(30-16-7-4-15(5-8-16)20(22,23)24)6-3-14(18)2-1-9-19(25,13-26)10-11-31(27,28)29/h3-8,10-12,26H,1-2,9,13,25H2,(H2,27,28,29). The number of ether oxygens (including phenoxy) is 1. The molecule has 0 fully saturated rings. The van der Waals surface area contributed by atoms with Crippen LogP contribution < -0.4 is 10.5 Å². The lowest BCUT2D eigenvalue weighted by Crippen LogP contribution is -2.41. The van der Waals surface area contributed by atoms with Crippen molar-refractivity contribution < 1.29 is 37.4 Å². The highest BCUT2D eigenvalue weighted by atomic mass is 35.5. The fourth-order valence-corrected chi connectivity index (χ4v) is 3.47. The van der Waals surface area contributed by atoms with E-state index < -0.39 is 31.5 Å². The Balaban J connectivity index is 1.98. The summed E-state index contributed by atoms with van der Waals surface area (Å²) < 4.78 is 54.3. The van der Waals surface area contributed by atoms with Gasteiger partial charge in [-0.25, -0.2) is 0 Å². The first-order valence-electron chi connectivity index (χ1n) is 9.10. The number of alkyl halides is 3. The van der Waals surface area contributed by atoms with Crippen LogP contribution >= 0.6 is 19.2 Å². The van der Waals surface area contributed by atoms with Gasteiger partial charge in [0.1, 0.15) is 11.5 Å². The highest BCUT2D eigenvalue weighted by Crippen LogP contribution is 2.37. The number of rotatable bonds is 9. The molecule has 11 heteroatoms. The van der Waals surface area contributed by atoms with E-state index >= 15 is 0 Å². The molecule has 5 N–H and O–H groups in total. The Hall–Kier alpha value is -1.87. The molecule has 0 bridgehead atoms. The predicted octanol–water partition coefficient (Wildman–Crippen LogP) is 4.86. The van der Waals surface area contributed by atoms with E-state index in [1.54, 1.807) is 12.1 Å². The number of aliphatic hydroxyl groups is 1. The fourth-order valence-electron chi connectivity index (χ4n) is 2.71. The summed E-state index contributed by atoms with van der Waals surface area (Å²) in [5.41, 5.74) is 4.65. The molecule has 0 amide bonds. The highest BCUT2D eigenvalue weighted by molar-refractivity contribution is 7.55. The molecule has 0 saturated carbocycles. The van der Waals surface area contributed by atoms with Gasteiger partial charge < -0.3 is 25.4 Å². The molecule has 1 unspecified atom stereocenters. The molecular formula is C20H22ClF3NO5P. The Morgan fingerprint density at radius 3 is 2.23 bits per heavy atom. The Morgan fingerprint density at radius 2 is 1.71 bits per heavy atom. The van der Waals surface area contributed by atoms with Crippen LogP contribution in [0.1, 0.15) is 24.0 Å². The number of hydrogen-bond acceptors (Lipinski definition) is 4. The van der Waals surface area contributed by atoms with Crippen LogP contribution in [-0.4, -0.2) is 27.0 Å². The van der Waals surface area contributed by atoms with Crippen molar-refractivity contribution in [2.24, 2.45) is 5.73 Å². The molecule has 170 valence electrons. The van der Waals surface area contributed by atoms with Crippen molar-refractivity contribution >= 4 is 19.2 Å². The SMILES string of the molecule is NC(C=CP(=O)(O)O)(CO)CCCc1ccc(Oc2ccc(C(F)(F)F)cc2)cc1Cl. The topological polar surface area (TPSA) is 113 Å². The summed E-state index contributed by atoms with van der Waals surface area (Å²) in [7, 11) is -4.38. The Morgan fingerprint density at radius 1 is 1.10 bits per heavy atom. The molecule has 0 aromatic heterocycles. The minimum Gasteiger partial charge on any atom is -0.457 e. The third-order valence-electron chi connectivity index (χ3n) is 4.43. The molecule has 0 saturated heterocycles. The summed E-state index contributed by atoms with van der Waals surface area (Å²) in [5, 5.41) is 9.81.